The van der Waals surface area contributed by atoms with Crippen LogP contribution in [0.3, 0.4) is 0 Å². The number of nitrogens with zero attached hydrogens (tertiary/aromatic N) is 5. The molecule has 0 saturated carbocycles. The number of hydrogen-bond acceptors (Lipinski definition) is 8. The van der Waals surface area contributed by atoms with Gasteiger partial charge < -0.3 is 20.4 Å². The monoisotopic (exact) mass is 612 g/mol. The molecule has 1 saturated heterocycles. The third kappa shape index (κ3) is 5.95. The van der Waals surface area contributed by atoms with Crippen molar-refractivity contribution in [3.8, 4) is 28.3 Å². The number of phenols is 1. The second kappa shape index (κ2) is 12.7. The van der Waals surface area contributed by atoms with E-state index in [1.807, 2.05) is 48.5 Å². The predicted octanol–water partition coefficient (Wildman–Crippen LogP) is 4.09. The topological polar surface area (TPSA) is 136 Å². The van der Waals surface area contributed by atoms with E-state index >= 15 is 0 Å². The van der Waals surface area contributed by atoms with Crippen molar-refractivity contribution in [3.05, 3.63) is 88.7 Å². The molecule has 0 aliphatic carbocycles. The Bertz CT molecular complexity index is 1710. The molecule has 1 aliphatic rings. The molecule has 0 unspecified atom stereocenters. The lowest BCUT2D eigenvalue weighted by molar-refractivity contribution is -0.0365. The first kappa shape index (κ1) is 31.3. The minimum absolute atomic E-state index is 0. The molecule has 222 valence electrons. The van der Waals surface area contributed by atoms with Crippen molar-refractivity contribution in [1.29, 1.82) is 0 Å². The van der Waals surface area contributed by atoms with Crippen LogP contribution in [0.1, 0.15) is 24.0 Å². The number of para-hydroxylation sites is 1. The number of aliphatic hydroxyl groups is 1. The van der Waals surface area contributed by atoms with E-state index < -0.39 is 5.60 Å². The van der Waals surface area contributed by atoms with E-state index in [9.17, 15) is 15.0 Å². The molecule has 5 aromatic rings. The Balaban J connectivity index is 0.00000202. The largest absolute Gasteiger partial charge is 0.507 e. The summed E-state index contributed by atoms with van der Waals surface area (Å²) in [6.07, 6.45) is 4.06. The average Bonchev–Trinajstić information content (AvgIpc) is 3.61. The van der Waals surface area contributed by atoms with Gasteiger partial charge in [0.1, 0.15) is 17.0 Å². The van der Waals surface area contributed by atoms with E-state index in [0.29, 0.717) is 55.9 Å². The predicted molar refractivity (Wildman–Crippen MR) is 166 cm³/mol. The van der Waals surface area contributed by atoms with Crippen molar-refractivity contribution in [2.24, 2.45) is 12.8 Å². The number of rotatable bonds is 7. The number of halogens is 2. The van der Waals surface area contributed by atoms with Gasteiger partial charge in [0.15, 0.2) is 5.52 Å². The fourth-order valence-electron chi connectivity index (χ4n) is 5.52. The van der Waals surface area contributed by atoms with Crippen molar-refractivity contribution in [1.82, 2.24) is 24.2 Å². The summed E-state index contributed by atoms with van der Waals surface area (Å²) in [7, 11) is 1.79. The van der Waals surface area contributed by atoms with Gasteiger partial charge in [-0.2, -0.15) is 5.10 Å². The highest BCUT2D eigenvalue weighted by atomic mass is 35.5. The van der Waals surface area contributed by atoms with E-state index in [1.54, 1.807) is 24.1 Å². The normalized spacial score (nSPS) is 14.8. The number of likely N-dealkylation sites (tertiary alicyclic amines) is 1. The standard InChI is InChI=1S/C30H32N6O4.2ClH/c1-34-27(21-9-7-20(16-31)8-10-21)25-26(33-34)29(38)36(19-32-25)18-30(39)11-13-35(14-12-30)17-22-4-2-5-23(28(22)37)24-6-3-15-40-24;;/h2-10,15,19,37,39H,11-14,16-18,31H2,1H3;2*1H. The molecule has 0 bridgehead atoms. The van der Waals surface area contributed by atoms with Crippen molar-refractivity contribution in [2.45, 2.75) is 38.1 Å². The first-order chi connectivity index (χ1) is 19.3. The number of furan rings is 1. The average molecular weight is 614 g/mol. The van der Waals surface area contributed by atoms with Crippen LogP contribution in [0.25, 0.3) is 33.6 Å². The first-order valence-corrected chi connectivity index (χ1v) is 13.4. The van der Waals surface area contributed by atoms with E-state index in [0.717, 1.165) is 22.4 Å². The number of aryl methyl sites for hydroxylation is 1. The Hall–Kier alpha value is -3.67. The highest BCUT2D eigenvalue weighted by molar-refractivity contribution is 5.89. The van der Waals surface area contributed by atoms with Crippen LogP contribution in [-0.2, 0) is 26.7 Å². The van der Waals surface area contributed by atoms with Crippen LogP contribution in [0.4, 0.5) is 0 Å². The molecule has 1 aliphatic heterocycles. The molecular weight excluding hydrogens is 579 g/mol. The van der Waals surface area contributed by atoms with Crippen LogP contribution in [0.2, 0.25) is 0 Å². The van der Waals surface area contributed by atoms with E-state index in [4.69, 9.17) is 10.2 Å². The van der Waals surface area contributed by atoms with Gasteiger partial charge in [-0.15, -0.1) is 24.8 Å². The van der Waals surface area contributed by atoms with Crippen molar-refractivity contribution >= 4 is 35.8 Å². The number of aromatic nitrogens is 4. The molecule has 42 heavy (non-hydrogen) atoms. The quantitative estimate of drug-likeness (QED) is 0.250. The third-order valence-corrected chi connectivity index (χ3v) is 7.83. The summed E-state index contributed by atoms with van der Waals surface area (Å²) >= 11 is 0. The van der Waals surface area contributed by atoms with Crippen LogP contribution in [0.5, 0.6) is 5.75 Å². The lowest BCUT2D eigenvalue weighted by Crippen LogP contribution is -2.47. The van der Waals surface area contributed by atoms with Crippen molar-refractivity contribution < 1.29 is 14.6 Å². The zero-order chi connectivity index (χ0) is 27.9. The van der Waals surface area contributed by atoms with Gasteiger partial charge in [0.25, 0.3) is 5.56 Å². The highest BCUT2D eigenvalue weighted by Gasteiger charge is 2.34. The maximum Gasteiger partial charge on any atom is 0.281 e. The Labute approximate surface area is 255 Å². The van der Waals surface area contributed by atoms with Crippen LogP contribution in [-0.4, -0.2) is 53.1 Å². The number of piperidine rings is 1. The SMILES string of the molecule is Cl.Cl.Cn1nc2c(=O)n(CC3(O)CCN(Cc4cccc(-c5ccco5)c4O)CC3)cnc2c1-c1ccc(CN)cc1. The zero-order valence-corrected chi connectivity index (χ0v) is 24.8. The fraction of sp³-hybridized carbons (Fsp3) is 0.300. The number of aromatic hydroxyl groups is 1. The number of fused-ring (bicyclic) bond motifs is 1. The number of hydrogen-bond donors (Lipinski definition) is 3. The van der Waals surface area contributed by atoms with Gasteiger partial charge in [-0.3, -0.25) is 18.9 Å². The molecule has 2 aromatic carbocycles. The van der Waals surface area contributed by atoms with E-state index in [2.05, 4.69) is 15.0 Å². The summed E-state index contributed by atoms with van der Waals surface area (Å²) < 4.78 is 8.59. The number of nitrogens with two attached hydrogens (primary N) is 1. The highest BCUT2D eigenvalue weighted by Crippen LogP contribution is 2.34. The van der Waals surface area contributed by atoms with Gasteiger partial charge >= 0.3 is 0 Å². The summed E-state index contributed by atoms with van der Waals surface area (Å²) in [5, 5.41) is 26.7. The second-order valence-electron chi connectivity index (χ2n) is 10.5. The molecule has 12 heteroatoms. The molecule has 0 radical (unpaired) electrons. The number of benzene rings is 2. The molecular formula is C30H34Cl2N6O4. The van der Waals surface area contributed by atoms with E-state index in [-0.39, 0.29) is 48.2 Å². The molecule has 0 atom stereocenters. The van der Waals surface area contributed by atoms with Gasteiger partial charge in [-0.25, -0.2) is 4.98 Å². The summed E-state index contributed by atoms with van der Waals surface area (Å²) in [5.74, 6) is 0.821. The molecule has 0 amide bonds. The third-order valence-electron chi connectivity index (χ3n) is 7.83. The van der Waals surface area contributed by atoms with Gasteiger partial charge in [0.2, 0.25) is 0 Å². The minimum Gasteiger partial charge on any atom is -0.507 e. The van der Waals surface area contributed by atoms with Crippen molar-refractivity contribution in [3.63, 3.8) is 0 Å². The molecule has 10 nitrogen and oxygen atoms in total. The summed E-state index contributed by atoms with van der Waals surface area (Å²) in [6, 6.07) is 17.1. The Kier molecular flexibility index (Phi) is 9.44. The molecule has 1 fully saturated rings. The second-order valence-corrected chi connectivity index (χ2v) is 10.5. The van der Waals surface area contributed by atoms with E-state index in [1.165, 1.54) is 10.9 Å². The van der Waals surface area contributed by atoms with Crippen LogP contribution >= 0.6 is 24.8 Å². The summed E-state index contributed by atoms with van der Waals surface area (Å²) in [6.45, 7) is 2.39. The van der Waals surface area contributed by atoms with Gasteiger partial charge in [-0.05, 0) is 36.6 Å². The molecule has 3 aromatic heterocycles. The Morgan fingerprint density at radius 3 is 2.43 bits per heavy atom. The minimum atomic E-state index is -1.05. The van der Waals surface area contributed by atoms with Crippen molar-refractivity contribution in [2.75, 3.05) is 13.1 Å². The molecule has 0 spiro atoms. The van der Waals surface area contributed by atoms with Crippen LogP contribution in [0.15, 0.2) is 76.4 Å². The molecule has 4 heterocycles. The van der Waals surface area contributed by atoms with Crippen LogP contribution in [0, 0.1) is 0 Å². The summed E-state index contributed by atoms with van der Waals surface area (Å²) in [5.41, 5.74) is 9.33. The first-order valence-electron chi connectivity index (χ1n) is 13.4. The maximum absolute atomic E-state index is 13.4. The molecule has 6 rings (SSSR count). The fourth-order valence-corrected chi connectivity index (χ4v) is 5.52. The zero-order valence-electron chi connectivity index (χ0n) is 23.1. The van der Waals surface area contributed by atoms with Gasteiger partial charge in [-0.1, -0.05) is 36.4 Å². The van der Waals surface area contributed by atoms with Gasteiger partial charge in [0, 0.05) is 44.4 Å². The molecule has 4 N–H and O–H groups in total. The smallest absolute Gasteiger partial charge is 0.281 e. The lowest BCUT2D eigenvalue weighted by Gasteiger charge is -2.38. The summed E-state index contributed by atoms with van der Waals surface area (Å²) in [4.78, 5) is 20.2. The maximum atomic E-state index is 13.4. The number of phenolic OH excluding ortho intramolecular Hbond substituents is 1. The lowest BCUT2D eigenvalue weighted by atomic mass is 9.91. The van der Waals surface area contributed by atoms with Gasteiger partial charge in [0.05, 0.1) is 36.0 Å². The Morgan fingerprint density at radius 2 is 1.76 bits per heavy atom. The van der Waals surface area contributed by atoms with Crippen LogP contribution < -0.4 is 11.3 Å². The Morgan fingerprint density at radius 1 is 1.02 bits per heavy atom.